The van der Waals surface area contributed by atoms with Crippen LogP contribution in [0, 0.1) is 0 Å². The highest BCUT2D eigenvalue weighted by Gasteiger charge is 2.15. The fraction of sp³-hybridized carbons (Fsp3) is 0.150. The van der Waals surface area contributed by atoms with Gasteiger partial charge in [0.2, 0.25) is 0 Å². The van der Waals surface area contributed by atoms with E-state index in [-0.39, 0.29) is 5.70 Å². The first-order chi connectivity index (χ1) is 13.0. The summed E-state index contributed by atoms with van der Waals surface area (Å²) in [6.45, 7) is 1.82. The van der Waals surface area contributed by atoms with Gasteiger partial charge in [-0.1, -0.05) is 30.3 Å². The summed E-state index contributed by atoms with van der Waals surface area (Å²) < 4.78 is 5.33. The molecule has 0 fully saturated rings. The zero-order chi connectivity index (χ0) is 19.6. The minimum atomic E-state index is -1.18. The smallest absolute Gasteiger partial charge is 0.322 e. The number of carbonyl (C=O) groups is 3. The monoisotopic (exact) mass is 368 g/mol. The number of ether oxygens (including phenoxy) is 1. The van der Waals surface area contributed by atoms with Crippen LogP contribution in [0.4, 0.5) is 0 Å². The van der Waals surface area contributed by atoms with E-state index in [1.54, 1.807) is 48.5 Å². The number of aliphatic carboxylic acids is 1. The number of carbonyl (C=O) groups excluding carboxylic acids is 2. The van der Waals surface area contributed by atoms with Crippen molar-refractivity contribution in [2.45, 2.75) is 6.92 Å². The summed E-state index contributed by atoms with van der Waals surface area (Å²) in [6, 6.07) is 15.4. The van der Waals surface area contributed by atoms with Crippen molar-refractivity contribution >= 4 is 23.9 Å². The molecule has 0 heterocycles. The van der Waals surface area contributed by atoms with Crippen LogP contribution in [0.5, 0.6) is 5.75 Å². The largest absolute Gasteiger partial charge is 0.494 e. The van der Waals surface area contributed by atoms with Crippen LogP contribution in [0.3, 0.4) is 0 Å². The molecule has 2 rings (SSSR count). The highest BCUT2D eigenvalue weighted by Crippen LogP contribution is 2.13. The van der Waals surface area contributed by atoms with Crippen LogP contribution in [-0.4, -0.2) is 36.0 Å². The van der Waals surface area contributed by atoms with Gasteiger partial charge in [0.25, 0.3) is 11.8 Å². The molecule has 0 spiro atoms. The zero-order valence-corrected chi connectivity index (χ0v) is 14.8. The Labute approximate surface area is 156 Å². The molecular formula is C20H20N2O5. The van der Waals surface area contributed by atoms with Crippen LogP contribution in [0.2, 0.25) is 0 Å². The number of rotatable bonds is 8. The van der Waals surface area contributed by atoms with Crippen molar-refractivity contribution in [2.24, 2.45) is 0 Å². The van der Waals surface area contributed by atoms with E-state index >= 15 is 0 Å². The van der Waals surface area contributed by atoms with Crippen molar-refractivity contribution in [3.05, 3.63) is 71.4 Å². The number of nitrogens with one attached hydrogen (secondary N) is 2. The van der Waals surface area contributed by atoms with Gasteiger partial charge in [0.1, 0.15) is 18.0 Å². The maximum absolute atomic E-state index is 12.5. The molecule has 2 aromatic carbocycles. The SMILES string of the molecule is CCOc1ccc(C(=O)NC(=Cc2ccccc2)C(=O)NCC(=O)O)cc1. The average Bonchev–Trinajstić information content (AvgIpc) is 2.67. The third-order valence-electron chi connectivity index (χ3n) is 3.43. The summed E-state index contributed by atoms with van der Waals surface area (Å²) in [5.74, 6) is -1.74. The van der Waals surface area contributed by atoms with Gasteiger partial charge in [-0.05, 0) is 42.8 Å². The molecule has 2 amide bonds. The lowest BCUT2D eigenvalue weighted by Gasteiger charge is -2.11. The van der Waals surface area contributed by atoms with Gasteiger partial charge in [0.15, 0.2) is 0 Å². The summed E-state index contributed by atoms with van der Waals surface area (Å²) in [5, 5.41) is 13.5. The van der Waals surface area contributed by atoms with Crippen molar-refractivity contribution < 1.29 is 24.2 Å². The fourth-order valence-electron chi connectivity index (χ4n) is 2.19. The van der Waals surface area contributed by atoms with E-state index < -0.39 is 24.3 Å². The summed E-state index contributed by atoms with van der Waals surface area (Å²) in [5.41, 5.74) is 0.967. The molecule has 0 radical (unpaired) electrons. The molecular weight excluding hydrogens is 348 g/mol. The molecule has 7 nitrogen and oxygen atoms in total. The Hall–Kier alpha value is -3.61. The number of hydrogen-bond acceptors (Lipinski definition) is 4. The second-order valence-electron chi connectivity index (χ2n) is 5.46. The molecule has 2 aromatic rings. The summed E-state index contributed by atoms with van der Waals surface area (Å²) >= 11 is 0. The second-order valence-corrected chi connectivity index (χ2v) is 5.46. The minimum Gasteiger partial charge on any atom is -0.494 e. The fourth-order valence-corrected chi connectivity index (χ4v) is 2.19. The quantitative estimate of drug-likeness (QED) is 0.619. The molecule has 0 unspecified atom stereocenters. The molecule has 140 valence electrons. The molecule has 7 heteroatoms. The Morgan fingerprint density at radius 2 is 1.70 bits per heavy atom. The van der Waals surface area contributed by atoms with Gasteiger partial charge in [-0.2, -0.15) is 0 Å². The third-order valence-corrected chi connectivity index (χ3v) is 3.43. The molecule has 0 atom stereocenters. The van der Waals surface area contributed by atoms with Gasteiger partial charge in [0, 0.05) is 5.56 Å². The van der Waals surface area contributed by atoms with Crippen LogP contribution >= 0.6 is 0 Å². The Kier molecular flexibility index (Phi) is 7.13. The zero-order valence-electron chi connectivity index (χ0n) is 14.8. The van der Waals surface area contributed by atoms with Crippen LogP contribution in [0.1, 0.15) is 22.8 Å². The van der Waals surface area contributed by atoms with Crippen molar-refractivity contribution in [1.29, 1.82) is 0 Å². The first-order valence-corrected chi connectivity index (χ1v) is 8.30. The van der Waals surface area contributed by atoms with E-state index in [2.05, 4.69) is 10.6 Å². The number of amides is 2. The van der Waals surface area contributed by atoms with Gasteiger partial charge in [-0.3, -0.25) is 14.4 Å². The maximum Gasteiger partial charge on any atom is 0.322 e. The molecule has 0 bridgehead atoms. The molecule has 0 aliphatic heterocycles. The van der Waals surface area contributed by atoms with E-state index in [9.17, 15) is 14.4 Å². The molecule has 0 aromatic heterocycles. The number of carboxylic acids is 1. The highest BCUT2D eigenvalue weighted by molar-refractivity contribution is 6.05. The van der Waals surface area contributed by atoms with Crippen molar-refractivity contribution in [1.82, 2.24) is 10.6 Å². The first kappa shape index (κ1) is 19.7. The predicted molar refractivity (Wildman–Crippen MR) is 100 cm³/mol. The molecule has 0 aliphatic carbocycles. The Morgan fingerprint density at radius 3 is 2.30 bits per heavy atom. The maximum atomic E-state index is 12.5. The van der Waals surface area contributed by atoms with E-state index in [0.717, 1.165) is 0 Å². The number of benzene rings is 2. The van der Waals surface area contributed by atoms with Crippen molar-refractivity contribution in [3.8, 4) is 5.75 Å². The van der Waals surface area contributed by atoms with Crippen LogP contribution in [0.25, 0.3) is 6.08 Å². The van der Waals surface area contributed by atoms with Crippen LogP contribution in [0.15, 0.2) is 60.3 Å². The van der Waals surface area contributed by atoms with Crippen molar-refractivity contribution in [2.75, 3.05) is 13.2 Å². The summed E-state index contributed by atoms with van der Waals surface area (Å²) in [4.78, 5) is 35.4. The summed E-state index contributed by atoms with van der Waals surface area (Å²) in [7, 11) is 0. The predicted octanol–water partition coefficient (Wildman–Crippen LogP) is 2.06. The molecule has 0 saturated heterocycles. The molecule has 0 aliphatic rings. The van der Waals surface area contributed by atoms with Gasteiger partial charge in [-0.15, -0.1) is 0 Å². The Balaban J connectivity index is 2.19. The van der Waals surface area contributed by atoms with Gasteiger partial charge >= 0.3 is 5.97 Å². The minimum absolute atomic E-state index is 0.0543. The highest BCUT2D eigenvalue weighted by atomic mass is 16.5. The Morgan fingerprint density at radius 1 is 1.04 bits per heavy atom. The summed E-state index contributed by atoms with van der Waals surface area (Å²) in [6.07, 6.45) is 1.48. The lowest BCUT2D eigenvalue weighted by atomic mass is 10.1. The standard InChI is InChI=1S/C20H20N2O5/c1-2-27-16-10-8-15(9-11-16)19(25)22-17(20(26)21-13-18(23)24)12-14-6-4-3-5-7-14/h3-12H,2,13H2,1H3,(H,21,26)(H,22,25)(H,23,24). The van der Waals surface area contributed by atoms with E-state index in [4.69, 9.17) is 9.84 Å². The number of hydrogen-bond donors (Lipinski definition) is 3. The van der Waals surface area contributed by atoms with Crippen LogP contribution < -0.4 is 15.4 Å². The lowest BCUT2D eigenvalue weighted by Crippen LogP contribution is -2.37. The van der Waals surface area contributed by atoms with Gasteiger partial charge in [-0.25, -0.2) is 0 Å². The molecule has 0 saturated carbocycles. The molecule has 27 heavy (non-hydrogen) atoms. The topological polar surface area (TPSA) is 105 Å². The second kappa shape index (κ2) is 9.76. The number of carboxylic acid groups (broad SMARTS) is 1. The average molecular weight is 368 g/mol. The van der Waals surface area contributed by atoms with E-state index in [0.29, 0.717) is 23.5 Å². The third kappa shape index (κ3) is 6.32. The van der Waals surface area contributed by atoms with Gasteiger partial charge in [0.05, 0.1) is 6.61 Å². The van der Waals surface area contributed by atoms with Crippen LogP contribution in [-0.2, 0) is 9.59 Å². The molecule has 3 N–H and O–H groups in total. The normalized spacial score (nSPS) is 10.8. The van der Waals surface area contributed by atoms with E-state index in [1.165, 1.54) is 6.08 Å². The van der Waals surface area contributed by atoms with Crippen molar-refractivity contribution in [3.63, 3.8) is 0 Å². The lowest BCUT2D eigenvalue weighted by molar-refractivity contribution is -0.137. The van der Waals surface area contributed by atoms with E-state index in [1.807, 2.05) is 13.0 Å². The Bertz CT molecular complexity index is 829. The van der Waals surface area contributed by atoms with Gasteiger partial charge < -0.3 is 20.5 Å². The first-order valence-electron chi connectivity index (χ1n) is 8.30.